The molecule has 1 fully saturated rings. The van der Waals surface area contributed by atoms with Crippen LogP contribution in [-0.2, 0) is 11.3 Å². The Morgan fingerprint density at radius 2 is 2.17 bits per heavy atom. The number of ether oxygens (including phenoxy) is 1. The minimum absolute atomic E-state index is 0.0674. The van der Waals surface area contributed by atoms with Gasteiger partial charge in [-0.05, 0) is 0 Å². The molecule has 1 saturated heterocycles. The lowest BCUT2D eigenvalue weighted by Gasteiger charge is -2.34. The SMILES string of the molecule is CN(C)c1nc(CN2CCOC[C@@H]2CC(=O)c2ccccc2)ns1. The molecular formula is C17H22N4O2S. The van der Waals surface area contributed by atoms with Gasteiger partial charge >= 0.3 is 0 Å². The van der Waals surface area contributed by atoms with E-state index in [0.717, 1.165) is 23.1 Å². The van der Waals surface area contributed by atoms with E-state index in [2.05, 4.69) is 14.3 Å². The standard InChI is InChI=1S/C17H22N4O2S/c1-20(2)17-18-16(19-24-17)11-21-8-9-23-12-14(21)10-15(22)13-6-4-3-5-7-13/h3-7,14H,8-12H2,1-2H3/t14-/m0/s1. The number of morpholine rings is 1. The highest BCUT2D eigenvalue weighted by atomic mass is 32.1. The molecule has 0 radical (unpaired) electrons. The van der Waals surface area contributed by atoms with Crippen molar-refractivity contribution in [2.45, 2.75) is 19.0 Å². The highest BCUT2D eigenvalue weighted by molar-refractivity contribution is 7.09. The first-order valence-corrected chi connectivity index (χ1v) is 8.81. The quantitative estimate of drug-likeness (QED) is 0.747. The third-order valence-corrected chi connectivity index (χ3v) is 4.97. The first kappa shape index (κ1) is 17.0. The fraction of sp³-hybridized carbons (Fsp3) is 0.471. The van der Waals surface area contributed by atoms with Gasteiger partial charge in [0.15, 0.2) is 11.6 Å². The maximum Gasteiger partial charge on any atom is 0.204 e. The molecule has 0 aliphatic carbocycles. The second kappa shape index (κ2) is 7.83. The van der Waals surface area contributed by atoms with Gasteiger partial charge in [0.2, 0.25) is 5.13 Å². The molecule has 2 aromatic rings. The molecule has 0 saturated carbocycles. The average Bonchev–Trinajstić information content (AvgIpc) is 3.06. The van der Waals surface area contributed by atoms with Gasteiger partial charge in [0.05, 0.1) is 19.8 Å². The fourth-order valence-corrected chi connectivity index (χ4v) is 3.31. The van der Waals surface area contributed by atoms with Gasteiger partial charge in [0.1, 0.15) is 0 Å². The monoisotopic (exact) mass is 346 g/mol. The average molecular weight is 346 g/mol. The third kappa shape index (κ3) is 4.17. The summed E-state index contributed by atoms with van der Waals surface area (Å²) in [6.45, 7) is 2.70. The van der Waals surface area contributed by atoms with Crippen molar-refractivity contribution in [3.63, 3.8) is 0 Å². The largest absolute Gasteiger partial charge is 0.378 e. The summed E-state index contributed by atoms with van der Waals surface area (Å²) in [6, 6.07) is 9.50. The van der Waals surface area contributed by atoms with Crippen LogP contribution in [0.15, 0.2) is 30.3 Å². The predicted octanol–water partition coefficient (Wildman–Crippen LogP) is 2.08. The number of nitrogens with zero attached hydrogens (tertiary/aromatic N) is 4. The normalized spacial score (nSPS) is 18.5. The maximum atomic E-state index is 12.5. The van der Waals surface area contributed by atoms with Gasteiger partial charge in [-0.15, -0.1) is 0 Å². The van der Waals surface area contributed by atoms with E-state index in [1.165, 1.54) is 11.5 Å². The molecule has 2 heterocycles. The summed E-state index contributed by atoms with van der Waals surface area (Å²) < 4.78 is 10.0. The van der Waals surface area contributed by atoms with Crippen molar-refractivity contribution in [3.8, 4) is 0 Å². The smallest absolute Gasteiger partial charge is 0.204 e. The van der Waals surface area contributed by atoms with Crippen molar-refractivity contribution in [2.24, 2.45) is 0 Å². The number of rotatable bonds is 6. The lowest BCUT2D eigenvalue weighted by atomic mass is 10.0. The Labute approximate surface area is 146 Å². The number of carbonyl (C=O) groups is 1. The van der Waals surface area contributed by atoms with Gasteiger partial charge in [-0.25, -0.2) is 4.98 Å². The van der Waals surface area contributed by atoms with E-state index in [9.17, 15) is 4.79 Å². The van der Waals surface area contributed by atoms with Crippen LogP contribution in [0.2, 0.25) is 0 Å². The van der Waals surface area contributed by atoms with E-state index in [-0.39, 0.29) is 11.8 Å². The zero-order chi connectivity index (χ0) is 16.9. The molecule has 0 spiro atoms. The Bertz CT molecular complexity index is 674. The summed E-state index contributed by atoms with van der Waals surface area (Å²) in [5.41, 5.74) is 0.754. The van der Waals surface area contributed by atoms with Gasteiger partial charge < -0.3 is 9.64 Å². The zero-order valence-corrected chi connectivity index (χ0v) is 14.8. The minimum atomic E-state index is 0.0674. The van der Waals surface area contributed by atoms with E-state index >= 15 is 0 Å². The van der Waals surface area contributed by atoms with Crippen molar-refractivity contribution in [2.75, 3.05) is 38.8 Å². The van der Waals surface area contributed by atoms with Gasteiger partial charge in [-0.2, -0.15) is 4.37 Å². The first-order chi connectivity index (χ1) is 11.6. The molecule has 3 rings (SSSR count). The molecule has 6 nitrogen and oxygen atoms in total. The van der Waals surface area contributed by atoms with E-state index in [1.54, 1.807) is 0 Å². The molecule has 0 bridgehead atoms. The van der Waals surface area contributed by atoms with Crippen LogP contribution in [0.4, 0.5) is 5.13 Å². The molecule has 0 amide bonds. The van der Waals surface area contributed by atoms with Crippen LogP contribution in [0, 0.1) is 0 Å². The van der Waals surface area contributed by atoms with Crippen molar-refractivity contribution in [1.29, 1.82) is 0 Å². The van der Waals surface area contributed by atoms with E-state index in [4.69, 9.17) is 4.74 Å². The van der Waals surface area contributed by atoms with Gasteiger partial charge in [-0.3, -0.25) is 9.69 Å². The molecule has 128 valence electrons. The third-order valence-electron chi connectivity index (χ3n) is 4.05. The van der Waals surface area contributed by atoms with E-state index in [0.29, 0.717) is 26.2 Å². The zero-order valence-electron chi connectivity index (χ0n) is 14.0. The molecule has 1 atom stereocenters. The molecular weight excluding hydrogens is 324 g/mol. The number of anilines is 1. The lowest BCUT2D eigenvalue weighted by molar-refractivity contribution is -0.0135. The van der Waals surface area contributed by atoms with Crippen LogP contribution in [0.3, 0.4) is 0 Å². The molecule has 0 N–H and O–H groups in total. The highest BCUT2D eigenvalue weighted by Crippen LogP contribution is 2.19. The predicted molar refractivity (Wildman–Crippen MR) is 94.6 cm³/mol. The first-order valence-electron chi connectivity index (χ1n) is 8.03. The number of carbonyl (C=O) groups excluding carboxylic acids is 1. The summed E-state index contributed by atoms with van der Waals surface area (Å²) in [6.07, 6.45) is 0.453. The Morgan fingerprint density at radius 1 is 1.38 bits per heavy atom. The molecule has 24 heavy (non-hydrogen) atoms. The summed E-state index contributed by atoms with van der Waals surface area (Å²) in [4.78, 5) is 21.2. The van der Waals surface area contributed by atoms with E-state index in [1.807, 2.05) is 49.3 Å². The van der Waals surface area contributed by atoms with Crippen LogP contribution < -0.4 is 4.90 Å². The summed E-state index contributed by atoms with van der Waals surface area (Å²) in [5, 5.41) is 0.898. The number of Topliss-reactive ketones (excluding diaryl/α,β-unsaturated/α-hetero) is 1. The number of ketones is 1. The van der Waals surface area contributed by atoms with E-state index < -0.39 is 0 Å². The Kier molecular flexibility index (Phi) is 5.55. The Balaban J connectivity index is 1.65. The molecule has 1 aromatic carbocycles. The van der Waals surface area contributed by atoms with Gasteiger partial charge in [-0.1, -0.05) is 30.3 Å². The molecule has 1 aromatic heterocycles. The summed E-state index contributed by atoms with van der Waals surface area (Å²) >= 11 is 1.40. The highest BCUT2D eigenvalue weighted by Gasteiger charge is 2.27. The topological polar surface area (TPSA) is 58.6 Å². The summed E-state index contributed by atoms with van der Waals surface area (Å²) in [5.74, 6) is 0.957. The van der Waals surface area contributed by atoms with Crippen molar-refractivity contribution in [1.82, 2.24) is 14.3 Å². The van der Waals surface area contributed by atoms with Gasteiger partial charge in [0.25, 0.3) is 0 Å². The van der Waals surface area contributed by atoms with Crippen LogP contribution >= 0.6 is 11.5 Å². The fourth-order valence-electron chi connectivity index (χ4n) is 2.71. The Morgan fingerprint density at radius 3 is 2.88 bits per heavy atom. The number of hydrogen-bond acceptors (Lipinski definition) is 7. The molecule has 1 aliphatic heterocycles. The van der Waals surface area contributed by atoms with Crippen molar-refractivity contribution >= 4 is 22.4 Å². The number of benzene rings is 1. The van der Waals surface area contributed by atoms with Crippen molar-refractivity contribution in [3.05, 3.63) is 41.7 Å². The van der Waals surface area contributed by atoms with Gasteiger partial charge in [0, 0.05) is 50.2 Å². The minimum Gasteiger partial charge on any atom is -0.378 e. The van der Waals surface area contributed by atoms with Crippen LogP contribution in [-0.4, -0.2) is 59.9 Å². The number of aromatic nitrogens is 2. The molecule has 7 heteroatoms. The Hall–Kier alpha value is -1.83. The summed E-state index contributed by atoms with van der Waals surface area (Å²) in [7, 11) is 3.92. The molecule has 0 unspecified atom stereocenters. The maximum absolute atomic E-state index is 12.5. The van der Waals surface area contributed by atoms with Crippen LogP contribution in [0.25, 0.3) is 0 Å². The lowest BCUT2D eigenvalue weighted by Crippen LogP contribution is -2.46. The van der Waals surface area contributed by atoms with Crippen LogP contribution in [0.5, 0.6) is 0 Å². The second-order valence-electron chi connectivity index (χ2n) is 6.08. The second-order valence-corrected chi connectivity index (χ2v) is 6.81. The molecule has 1 aliphatic rings. The van der Waals surface area contributed by atoms with Crippen LogP contribution in [0.1, 0.15) is 22.6 Å². The number of hydrogen-bond donors (Lipinski definition) is 0. The van der Waals surface area contributed by atoms with Crippen molar-refractivity contribution < 1.29 is 9.53 Å².